The van der Waals surface area contributed by atoms with Crippen LogP contribution in [-0.4, -0.2) is 41.4 Å². The molecule has 2 heterocycles. The fraction of sp³-hybridized carbons (Fsp3) is 0.611. The molecule has 1 aromatic carbocycles. The fourth-order valence-corrected chi connectivity index (χ4v) is 5.90. The van der Waals surface area contributed by atoms with E-state index in [9.17, 15) is 13.6 Å². The minimum Gasteiger partial charge on any atom is -0.341 e. The van der Waals surface area contributed by atoms with E-state index in [2.05, 4.69) is 0 Å². The molecular weight excluding hydrogens is 330 g/mol. The van der Waals surface area contributed by atoms with Crippen LogP contribution in [0, 0.1) is 29.4 Å². The van der Waals surface area contributed by atoms with Gasteiger partial charge in [-0.3, -0.25) is 4.79 Å². The molecule has 0 spiro atoms. The summed E-state index contributed by atoms with van der Waals surface area (Å²) in [5.74, 6) is 1.23. The van der Waals surface area contributed by atoms with Crippen LogP contribution in [0.5, 0.6) is 0 Å². The van der Waals surface area contributed by atoms with E-state index in [0.717, 1.165) is 30.9 Å². The Balaban J connectivity index is 1.48. The third-order valence-corrected chi connectivity index (χ3v) is 6.95. The van der Waals surface area contributed by atoms with Crippen LogP contribution in [0.15, 0.2) is 18.2 Å². The maximum atomic E-state index is 14.2. The van der Waals surface area contributed by atoms with Gasteiger partial charge in [-0.15, -0.1) is 0 Å². The number of nitrogens with two attached hydrogens (primary N) is 1. The molecule has 1 saturated carbocycles. The van der Waals surface area contributed by atoms with Crippen molar-refractivity contribution < 1.29 is 13.6 Å². The van der Waals surface area contributed by atoms with Crippen LogP contribution in [-0.2, 0) is 4.79 Å². The summed E-state index contributed by atoms with van der Waals surface area (Å²) >= 11 is 1.74. The molecule has 5 atom stereocenters. The lowest BCUT2D eigenvalue weighted by atomic mass is 9.84. The number of amides is 1. The topological polar surface area (TPSA) is 46.3 Å². The highest BCUT2D eigenvalue weighted by molar-refractivity contribution is 7.99. The summed E-state index contributed by atoms with van der Waals surface area (Å²) in [6.45, 7) is 1.39. The van der Waals surface area contributed by atoms with Gasteiger partial charge in [0.25, 0.3) is 0 Å². The summed E-state index contributed by atoms with van der Waals surface area (Å²) in [6, 6.07) is 4.17. The van der Waals surface area contributed by atoms with Crippen molar-refractivity contribution in [2.75, 3.05) is 24.6 Å². The lowest BCUT2D eigenvalue weighted by Gasteiger charge is -2.21. The van der Waals surface area contributed by atoms with Crippen LogP contribution in [0.3, 0.4) is 0 Å². The highest BCUT2D eigenvalue weighted by atomic mass is 32.2. The number of nitrogens with zero attached hydrogens (tertiary/aromatic N) is 1. The van der Waals surface area contributed by atoms with Gasteiger partial charge in [0.1, 0.15) is 11.6 Å². The predicted octanol–water partition coefficient (Wildman–Crippen LogP) is 2.61. The van der Waals surface area contributed by atoms with Crippen molar-refractivity contribution in [3.05, 3.63) is 35.4 Å². The Bertz CT molecular complexity index is 636. The van der Waals surface area contributed by atoms with E-state index in [0.29, 0.717) is 6.54 Å². The minimum absolute atomic E-state index is 0.0244. The Kier molecular flexibility index (Phi) is 4.29. The molecule has 6 heteroatoms. The van der Waals surface area contributed by atoms with Gasteiger partial charge >= 0.3 is 0 Å². The monoisotopic (exact) mass is 352 g/mol. The maximum Gasteiger partial charge on any atom is 0.226 e. The summed E-state index contributed by atoms with van der Waals surface area (Å²) in [4.78, 5) is 14.5. The molecule has 3 nitrogen and oxygen atoms in total. The molecule has 2 saturated heterocycles. The molecule has 5 unspecified atom stereocenters. The first-order valence-corrected chi connectivity index (χ1v) is 9.77. The number of halogens is 2. The largest absolute Gasteiger partial charge is 0.341 e. The first-order chi connectivity index (χ1) is 11.6. The van der Waals surface area contributed by atoms with Crippen molar-refractivity contribution in [1.29, 1.82) is 0 Å². The highest BCUT2D eigenvalue weighted by Gasteiger charge is 2.53. The molecule has 3 fully saturated rings. The van der Waals surface area contributed by atoms with E-state index < -0.39 is 11.6 Å². The molecule has 3 aliphatic rings. The quantitative estimate of drug-likeness (QED) is 0.910. The van der Waals surface area contributed by atoms with Gasteiger partial charge in [0.05, 0.1) is 0 Å². The number of hydrogen-bond donors (Lipinski definition) is 1. The summed E-state index contributed by atoms with van der Waals surface area (Å²) in [7, 11) is 0. The SMILES string of the molecule is NC1CCN(C(=O)C2CC2C2CSCC2c2c(F)cccc2F)C1. The van der Waals surface area contributed by atoms with Gasteiger partial charge in [0.2, 0.25) is 5.91 Å². The lowest BCUT2D eigenvalue weighted by Crippen LogP contribution is -2.33. The van der Waals surface area contributed by atoms with Gasteiger partial charge in [-0.05, 0) is 42.6 Å². The van der Waals surface area contributed by atoms with E-state index in [4.69, 9.17) is 5.73 Å². The van der Waals surface area contributed by atoms with Crippen molar-refractivity contribution in [2.24, 2.45) is 23.5 Å². The Morgan fingerprint density at radius 3 is 2.62 bits per heavy atom. The van der Waals surface area contributed by atoms with E-state index in [1.807, 2.05) is 4.90 Å². The zero-order valence-corrected chi connectivity index (χ0v) is 14.3. The van der Waals surface area contributed by atoms with E-state index >= 15 is 0 Å². The summed E-state index contributed by atoms with van der Waals surface area (Å²) in [6.07, 6.45) is 1.72. The van der Waals surface area contributed by atoms with E-state index in [-0.39, 0.29) is 41.2 Å². The number of thioether (sulfide) groups is 1. The average Bonchev–Trinajstić information content (AvgIpc) is 2.97. The van der Waals surface area contributed by atoms with Gasteiger partial charge in [-0.2, -0.15) is 11.8 Å². The summed E-state index contributed by atoms with van der Waals surface area (Å²) in [5, 5.41) is 0. The Morgan fingerprint density at radius 2 is 1.96 bits per heavy atom. The minimum atomic E-state index is -0.457. The van der Waals surface area contributed by atoms with Crippen LogP contribution < -0.4 is 5.73 Å². The zero-order valence-electron chi connectivity index (χ0n) is 13.5. The Labute approximate surface area is 145 Å². The van der Waals surface area contributed by atoms with Crippen LogP contribution in [0.4, 0.5) is 8.78 Å². The molecule has 0 radical (unpaired) electrons. The molecule has 2 N–H and O–H groups in total. The Morgan fingerprint density at radius 1 is 1.21 bits per heavy atom. The van der Waals surface area contributed by atoms with Crippen molar-refractivity contribution in [2.45, 2.75) is 24.8 Å². The molecule has 130 valence electrons. The fourth-order valence-electron chi connectivity index (χ4n) is 4.35. The molecule has 2 aliphatic heterocycles. The summed E-state index contributed by atoms with van der Waals surface area (Å²) < 4.78 is 28.3. The summed E-state index contributed by atoms with van der Waals surface area (Å²) in [5.41, 5.74) is 6.11. The number of hydrogen-bond acceptors (Lipinski definition) is 3. The zero-order chi connectivity index (χ0) is 16.8. The number of carbonyl (C=O) groups excluding carboxylic acids is 1. The molecular formula is C18H22F2N2OS. The van der Waals surface area contributed by atoms with Crippen LogP contribution in [0.2, 0.25) is 0 Å². The molecule has 0 aromatic heterocycles. The number of rotatable bonds is 3. The van der Waals surface area contributed by atoms with E-state index in [1.165, 1.54) is 18.2 Å². The molecule has 4 rings (SSSR count). The van der Waals surface area contributed by atoms with Crippen LogP contribution in [0.1, 0.15) is 24.3 Å². The van der Waals surface area contributed by atoms with Crippen molar-refractivity contribution in [3.63, 3.8) is 0 Å². The number of likely N-dealkylation sites (tertiary alicyclic amines) is 1. The molecule has 1 aliphatic carbocycles. The van der Waals surface area contributed by atoms with Crippen LogP contribution in [0.25, 0.3) is 0 Å². The standard InChI is InChI=1S/C18H22F2N2OS/c19-15-2-1-3-16(20)17(15)14-9-24-8-13(14)11-6-12(11)18(23)22-5-4-10(21)7-22/h1-3,10-14H,4-9,21H2. The van der Waals surface area contributed by atoms with Gasteiger partial charge in [0.15, 0.2) is 0 Å². The second-order valence-corrected chi connectivity index (χ2v) is 8.36. The number of carbonyl (C=O) groups is 1. The van der Waals surface area contributed by atoms with Crippen molar-refractivity contribution in [3.8, 4) is 0 Å². The van der Waals surface area contributed by atoms with Gasteiger partial charge < -0.3 is 10.6 Å². The van der Waals surface area contributed by atoms with E-state index in [1.54, 1.807) is 11.8 Å². The lowest BCUT2D eigenvalue weighted by molar-refractivity contribution is -0.132. The van der Waals surface area contributed by atoms with Crippen LogP contribution >= 0.6 is 11.8 Å². The van der Waals surface area contributed by atoms with Gasteiger partial charge in [0, 0.05) is 42.3 Å². The molecule has 24 heavy (non-hydrogen) atoms. The second-order valence-electron chi connectivity index (χ2n) is 7.28. The normalized spacial score (nSPS) is 35.5. The Hall–Kier alpha value is -1.14. The molecule has 1 aromatic rings. The number of benzene rings is 1. The second kappa shape index (κ2) is 6.30. The smallest absolute Gasteiger partial charge is 0.226 e. The first kappa shape index (κ1) is 16.3. The highest BCUT2D eigenvalue weighted by Crippen LogP contribution is 2.55. The van der Waals surface area contributed by atoms with Gasteiger partial charge in [-0.1, -0.05) is 6.07 Å². The maximum absolute atomic E-state index is 14.2. The van der Waals surface area contributed by atoms with Crippen molar-refractivity contribution in [1.82, 2.24) is 4.90 Å². The third-order valence-electron chi connectivity index (χ3n) is 5.74. The van der Waals surface area contributed by atoms with Gasteiger partial charge in [-0.25, -0.2) is 8.78 Å². The molecule has 0 bridgehead atoms. The third kappa shape index (κ3) is 2.84. The van der Waals surface area contributed by atoms with Crippen molar-refractivity contribution >= 4 is 17.7 Å². The average molecular weight is 352 g/mol. The first-order valence-electron chi connectivity index (χ1n) is 8.62. The molecule has 1 amide bonds. The predicted molar refractivity (Wildman–Crippen MR) is 90.7 cm³/mol.